The Bertz CT molecular complexity index is 811. The van der Waals surface area contributed by atoms with Gasteiger partial charge in [-0.1, -0.05) is 17.7 Å². The molecule has 0 spiro atoms. The van der Waals surface area contributed by atoms with Gasteiger partial charge in [-0.25, -0.2) is 9.59 Å². The minimum atomic E-state index is -1.82. The Morgan fingerprint density at radius 2 is 1.57 bits per heavy atom. The Hall–Kier alpha value is -2.97. The van der Waals surface area contributed by atoms with Crippen LogP contribution >= 0.6 is 11.6 Å². The smallest absolute Gasteiger partial charge is 0.414 e. The average molecular weight is 406 g/mol. The summed E-state index contributed by atoms with van der Waals surface area (Å²) in [5.74, 6) is -3.59. The Morgan fingerprint density at radius 1 is 0.964 bits per heavy atom. The van der Waals surface area contributed by atoms with Crippen LogP contribution in [-0.2, 0) is 16.1 Å². The zero-order valence-electron chi connectivity index (χ0n) is 15.0. The summed E-state index contributed by atoms with van der Waals surface area (Å²) in [6, 6.07) is 11.2. The number of carbonyl (C=O) groups excluding carboxylic acids is 1. The Kier molecular flexibility index (Phi) is 7.91. The number of carboxylic acid groups (broad SMARTS) is 2. The van der Waals surface area contributed by atoms with Crippen molar-refractivity contribution >= 4 is 29.4 Å². The molecule has 2 aromatic rings. The van der Waals surface area contributed by atoms with Crippen molar-refractivity contribution in [2.75, 3.05) is 26.2 Å². The Balaban J connectivity index is 0.000000409. The first-order valence-electron chi connectivity index (χ1n) is 8.49. The number of aromatic nitrogens is 1. The molecule has 1 amide bonds. The van der Waals surface area contributed by atoms with Gasteiger partial charge in [-0.15, -0.1) is 0 Å². The highest BCUT2D eigenvalue weighted by atomic mass is 35.5. The van der Waals surface area contributed by atoms with Gasteiger partial charge in [0.15, 0.2) is 0 Å². The normalized spacial score (nSPS) is 14.0. The first-order chi connectivity index (χ1) is 13.4. The number of piperazine rings is 1. The van der Waals surface area contributed by atoms with E-state index in [1.54, 1.807) is 12.1 Å². The van der Waals surface area contributed by atoms with E-state index in [1.807, 2.05) is 41.6 Å². The predicted molar refractivity (Wildman–Crippen MR) is 102 cm³/mol. The maximum Gasteiger partial charge on any atom is 0.414 e. The monoisotopic (exact) mass is 405 g/mol. The van der Waals surface area contributed by atoms with Crippen molar-refractivity contribution in [1.29, 1.82) is 0 Å². The van der Waals surface area contributed by atoms with E-state index in [2.05, 4.69) is 9.88 Å². The molecule has 0 aliphatic carbocycles. The molecule has 1 saturated heterocycles. The first-order valence-corrected chi connectivity index (χ1v) is 8.87. The van der Waals surface area contributed by atoms with Gasteiger partial charge in [-0.05, 0) is 35.9 Å². The molecule has 0 saturated carbocycles. The fourth-order valence-electron chi connectivity index (χ4n) is 2.66. The van der Waals surface area contributed by atoms with Gasteiger partial charge < -0.3 is 15.1 Å². The third-order valence-electron chi connectivity index (χ3n) is 4.07. The average Bonchev–Trinajstić information content (AvgIpc) is 2.69. The van der Waals surface area contributed by atoms with E-state index < -0.39 is 11.9 Å². The minimum absolute atomic E-state index is 0.0612. The molecule has 1 aromatic carbocycles. The summed E-state index contributed by atoms with van der Waals surface area (Å²) in [6.07, 6.45) is 3.63. The van der Waals surface area contributed by atoms with Crippen molar-refractivity contribution in [1.82, 2.24) is 14.8 Å². The zero-order valence-corrected chi connectivity index (χ0v) is 15.7. The number of amides is 1. The van der Waals surface area contributed by atoms with Gasteiger partial charge in [0.2, 0.25) is 0 Å². The topological polar surface area (TPSA) is 111 Å². The number of carbonyl (C=O) groups is 3. The van der Waals surface area contributed by atoms with Crippen LogP contribution in [0, 0.1) is 0 Å². The molecule has 2 heterocycles. The summed E-state index contributed by atoms with van der Waals surface area (Å²) in [5, 5.41) is 15.4. The molecule has 2 N–H and O–H groups in total. The number of carboxylic acids is 2. The van der Waals surface area contributed by atoms with Gasteiger partial charge in [0.1, 0.15) is 0 Å². The van der Waals surface area contributed by atoms with E-state index in [4.69, 9.17) is 31.4 Å². The van der Waals surface area contributed by atoms with Crippen LogP contribution in [0.4, 0.5) is 0 Å². The maximum atomic E-state index is 12.5. The lowest BCUT2D eigenvalue weighted by Crippen LogP contribution is -2.48. The third-order valence-corrected chi connectivity index (χ3v) is 4.30. The van der Waals surface area contributed by atoms with Crippen molar-refractivity contribution in [3.63, 3.8) is 0 Å². The van der Waals surface area contributed by atoms with E-state index in [0.717, 1.165) is 32.7 Å². The quantitative estimate of drug-likeness (QED) is 0.749. The molecule has 1 fully saturated rings. The van der Waals surface area contributed by atoms with E-state index in [-0.39, 0.29) is 5.91 Å². The van der Waals surface area contributed by atoms with Gasteiger partial charge in [-0.3, -0.25) is 14.7 Å². The highest BCUT2D eigenvalue weighted by Crippen LogP contribution is 2.15. The number of rotatable bonds is 3. The molecule has 0 bridgehead atoms. The van der Waals surface area contributed by atoms with Crippen LogP contribution in [0.2, 0.25) is 5.02 Å². The second kappa shape index (κ2) is 10.4. The highest BCUT2D eigenvalue weighted by Gasteiger charge is 2.22. The number of benzene rings is 1. The number of halogens is 1. The molecule has 0 unspecified atom stereocenters. The predicted octanol–water partition coefficient (Wildman–Crippen LogP) is 1.85. The standard InChI is InChI=1S/C17H18ClN3O.C2H2O4/c18-16-3-1-2-15(12-16)17(22)21-10-8-20(9-11-21)13-14-4-6-19-7-5-14;3-1(4)2(5)6/h1-7,12H,8-11,13H2;(H,3,4)(H,5,6). The minimum Gasteiger partial charge on any atom is -0.473 e. The van der Waals surface area contributed by atoms with Crippen molar-refractivity contribution in [3.8, 4) is 0 Å². The van der Waals surface area contributed by atoms with Gasteiger partial charge >= 0.3 is 11.9 Å². The van der Waals surface area contributed by atoms with Gasteiger partial charge in [0.25, 0.3) is 5.91 Å². The van der Waals surface area contributed by atoms with E-state index in [0.29, 0.717) is 10.6 Å². The number of hydrogen-bond donors (Lipinski definition) is 2. The summed E-state index contributed by atoms with van der Waals surface area (Å²) in [6.45, 7) is 4.16. The van der Waals surface area contributed by atoms with E-state index in [9.17, 15) is 4.79 Å². The second-order valence-corrected chi connectivity index (χ2v) is 6.48. The lowest BCUT2D eigenvalue weighted by atomic mass is 10.1. The number of hydrogen-bond acceptors (Lipinski definition) is 5. The molecule has 9 heteroatoms. The van der Waals surface area contributed by atoms with Crippen LogP contribution in [0.25, 0.3) is 0 Å². The molecule has 1 aliphatic heterocycles. The fraction of sp³-hybridized carbons (Fsp3) is 0.263. The second-order valence-electron chi connectivity index (χ2n) is 6.04. The first kappa shape index (κ1) is 21.3. The largest absolute Gasteiger partial charge is 0.473 e. The summed E-state index contributed by atoms with van der Waals surface area (Å²) in [4.78, 5) is 38.9. The van der Waals surface area contributed by atoms with Crippen LogP contribution in [0.1, 0.15) is 15.9 Å². The Labute approximate surface area is 167 Å². The molecule has 28 heavy (non-hydrogen) atoms. The van der Waals surface area contributed by atoms with Crippen LogP contribution in [0.15, 0.2) is 48.8 Å². The molecule has 3 rings (SSSR count). The number of nitrogens with zero attached hydrogens (tertiary/aromatic N) is 3. The van der Waals surface area contributed by atoms with Crippen molar-refractivity contribution in [3.05, 3.63) is 64.9 Å². The van der Waals surface area contributed by atoms with E-state index >= 15 is 0 Å². The molecule has 1 aromatic heterocycles. The van der Waals surface area contributed by atoms with Crippen molar-refractivity contribution in [2.45, 2.75) is 6.54 Å². The molecular formula is C19H20ClN3O5. The SMILES string of the molecule is O=C(O)C(=O)O.O=C(c1cccc(Cl)c1)N1CCN(Cc2ccncc2)CC1. The summed E-state index contributed by atoms with van der Waals surface area (Å²) < 4.78 is 0. The molecule has 0 radical (unpaired) electrons. The van der Waals surface area contributed by atoms with Gasteiger partial charge in [0, 0.05) is 55.7 Å². The maximum absolute atomic E-state index is 12.5. The number of pyridine rings is 1. The summed E-state index contributed by atoms with van der Waals surface area (Å²) >= 11 is 5.96. The third kappa shape index (κ3) is 6.64. The molecule has 8 nitrogen and oxygen atoms in total. The zero-order chi connectivity index (χ0) is 20.5. The van der Waals surface area contributed by atoms with Gasteiger partial charge in [-0.2, -0.15) is 0 Å². The van der Waals surface area contributed by atoms with Crippen LogP contribution in [-0.4, -0.2) is 69.0 Å². The fourth-order valence-corrected chi connectivity index (χ4v) is 2.85. The lowest BCUT2D eigenvalue weighted by molar-refractivity contribution is -0.159. The van der Waals surface area contributed by atoms with Gasteiger partial charge in [0.05, 0.1) is 0 Å². The van der Waals surface area contributed by atoms with Crippen molar-refractivity contribution in [2.24, 2.45) is 0 Å². The van der Waals surface area contributed by atoms with Crippen LogP contribution in [0.5, 0.6) is 0 Å². The number of aliphatic carboxylic acids is 2. The van der Waals surface area contributed by atoms with E-state index in [1.165, 1.54) is 5.56 Å². The van der Waals surface area contributed by atoms with Crippen LogP contribution in [0.3, 0.4) is 0 Å². The molecule has 1 aliphatic rings. The molecule has 0 atom stereocenters. The van der Waals surface area contributed by atoms with Crippen molar-refractivity contribution < 1.29 is 24.6 Å². The lowest BCUT2D eigenvalue weighted by Gasteiger charge is -2.34. The summed E-state index contributed by atoms with van der Waals surface area (Å²) in [5.41, 5.74) is 1.92. The summed E-state index contributed by atoms with van der Waals surface area (Å²) in [7, 11) is 0. The molecular weight excluding hydrogens is 386 g/mol. The van der Waals surface area contributed by atoms with Crippen LogP contribution < -0.4 is 0 Å². The molecule has 148 valence electrons. The highest BCUT2D eigenvalue weighted by molar-refractivity contribution is 6.31. The Morgan fingerprint density at radius 3 is 2.11 bits per heavy atom.